The van der Waals surface area contributed by atoms with Gasteiger partial charge < -0.3 is 0 Å². The summed E-state index contributed by atoms with van der Waals surface area (Å²) >= 11 is 0. The molecule has 0 aromatic carbocycles. The molecule has 0 fully saturated rings. The van der Waals surface area contributed by atoms with Gasteiger partial charge in [-0.1, -0.05) is 66.5 Å². The second-order valence-electron chi connectivity index (χ2n) is 8.00. The number of rotatable bonds is 2. The monoisotopic (exact) mass is 236 g/mol. The summed E-state index contributed by atoms with van der Waals surface area (Å²) in [6.45, 7) is 16.8. The molecule has 0 radical (unpaired) electrons. The maximum Gasteiger partial charge on any atom is -0.0284 e. The van der Waals surface area contributed by atoms with Crippen LogP contribution < -0.4 is 0 Å². The van der Waals surface area contributed by atoms with Crippen LogP contribution in [0.3, 0.4) is 0 Å². The summed E-state index contributed by atoms with van der Waals surface area (Å²) in [5.41, 5.74) is 2.59. The average molecular weight is 236 g/mol. The van der Waals surface area contributed by atoms with Gasteiger partial charge in [0.25, 0.3) is 0 Å². The Labute approximate surface area is 109 Å². The Bertz CT molecular complexity index is 269. The van der Waals surface area contributed by atoms with E-state index < -0.39 is 0 Å². The fourth-order valence-electron chi connectivity index (χ4n) is 3.36. The van der Waals surface area contributed by atoms with Crippen molar-refractivity contribution in [3.63, 3.8) is 0 Å². The lowest BCUT2D eigenvalue weighted by Crippen LogP contribution is -2.37. The number of allylic oxidation sites excluding steroid dienone is 2. The van der Waals surface area contributed by atoms with Crippen molar-refractivity contribution in [3.05, 3.63) is 11.6 Å². The van der Waals surface area contributed by atoms with Crippen LogP contribution in [0.25, 0.3) is 0 Å². The third kappa shape index (κ3) is 3.86. The van der Waals surface area contributed by atoms with E-state index in [4.69, 9.17) is 0 Å². The summed E-state index contributed by atoms with van der Waals surface area (Å²) in [7, 11) is 0. The summed E-state index contributed by atoms with van der Waals surface area (Å²) in [4.78, 5) is 0. The summed E-state index contributed by atoms with van der Waals surface area (Å²) in [6.07, 6.45) is 7.77. The van der Waals surface area contributed by atoms with Crippen LogP contribution in [0, 0.1) is 22.7 Å². The zero-order chi connectivity index (χ0) is 13.3. The SMILES string of the molecule is CCCC1=CCC(C(C)(C)C)C(C(C)(C)C)C1. The highest BCUT2D eigenvalue weighted by molar-refractivity contribution is 5.11. The molecule has 17 heavy (non-hydrogen) atoms. The van der Waals surface area contributed by atoms with Crippen LogP contribution in [0.1, 0.15) is 74.1 Å². The summed E-state index contributed by atoms with van der Waals surface area (Å²) in [5, 5.41) is 0. The number of hydrogen-bond donors (Lipinski definition) is 0. The molecule has 1 rings (SSSR count). The molecule has 0 aromatic rings. The molecule has 100 valence electrons. The summed E-state index contributed by atoms with van der Waals surface area (Å²) < 4.78 is 0. The molecule has 1 aliphatic rings. The Morgan fingerprint density at radius 1 is 1.00 bits per heavy atom. The van der Waals surface area contributed by atoms with E-state index in [-0.39, 0.29) is 0 Å². The van der Waals surface area contributed by atoms with Crippen LogP contribution in [-0.4, -0.2) is 0 Å². The van der Waals surface area contributed by atoms with E-state index in [9.17, 15) is 0 Å². The van der Waals surface area contributed by atoms with E-state index in [1.165, 1.54) is 25.7 Å². The van der Waals surface area contributed by atoms with Gasteiger partial charge in [0.05, 0.1) is 0 Å². The van der Waals surface area contributed by atoms with Crippen LogP contribution in [0.4, 0.5) is 0 Å². The van der Waals surface area contributed by atoms with E-state index in [2.05, 4.69) is 54.5 Å². The van der Waals surface area contributed by atoms with Crippen molar-refractivity contribution in [1.29, 1.82) is 0 Å². The first-order chi connectivity index (χ1) is 7.66. The van der Waals surface area contributed by atoms with Crippen molar-refractivity contribution >= 4 is 0 Å². The van der Waals surface area contributed by atoms with Crippen LogP contribution in [0.5, 0.6) is 0 Å². The van der Waals surface area contributed by atoms with E-state index in [1.807, 2.05) is 0 Å². The van der Waals surface area contributed by atoms with Gasteiger partial charge in [-0.2, -0.15) is 0 Å². The normalized spacial score (nSPS) is 26.9. The van der Waals surface area contributed by atoms with E-state index in [0.717, 1.165) is 11.8 Å². The zero-order valence-corrected chi connectivity index (χ0v) is 13.1. The fraction of sp³-hybridized carbons (Fsp3) is 0.882. The van der Waals surface area contributed by atoms with Gasteiger partial charge >= 0.3 is 0 Å². The Hall–Kier alpha value is -0.260. The minimum Gasteiger partial charge on any atom is -0.0850 e. The third-order valence-electron chi connectivity index (χ3n) is 4.42. The Morgan fingerprint density at radius 2 is 1.53 bits per heavy atom. The molecule has 0 spiro atoms. The van der Waals surface area contributed by atoms with Crippen molar-refractivity contribution in [2.24, 2.45) is 22.7 Å². The largest absolute Gasteiger partial charge is 0.0850 e. The molecule has 2 unspecified atom stereocenters. The Kier molecular flexibility index (Phi) is 4.49. The zero-order valence-electron chi connectivity index (χ0n) is 13.1. The second kappa shape index (κ2) is 5.16. The van der Waals surface area contributed by atoms with Crippen LogP contribution in [-0.2, 0) is 0 Å². The highest BCUT2D eigenvalue weighted by atomic mass is 14.4. The van der Waals surface area contributed by atoms with Crippen molar-refractivity contribution in [3.8, 4) is 0 Å². The van der Waals surface area contributed by atoms with E-state index >= 15 is 0 Å². The number of hydrogen-bond acceptors (Lipinski definition) is 0. The molecular weight excluding hydrogens is 204 g/mol. The van der Waals surface area contributed by atoms with E-state index in [0.29, 0.717) is 10.8 Å². The predicted molar refractivity (Wildman–Crippen MR) is 78.1 cm³/mol. The Morgan fingerprint density at radius 3 is 1.94 bits per heavy atom. The maximum atomic E-state index is 2.54. The lowest BCUT2D eigenvalue weighted by molar-refractivity contribution is 0.0651. The molecule has 0 saturated carbocycles. The van der Waals surface area contributed by atoms with Crippen molar-refractivity contribution < 1.29 is 0 Å². The lowest BCUT2D eigenvalue weighted by atomic mass is 9.59. The van der Waals surface area contributed by atoms with Gasteiger partial charge in [-0.05, 0) is 41.9 Å². The van der Waals surface area contributed by atoms with Gasteiger partial charge in [-0.3, -0.25) is 0 Å². The second-order valence-corrected chi connectivity index (χ2v) is 8.00. The average Bonchev–Trinajstić information content (AvgIpc) is 2.15. The topological polar surface area (TPSA) is 0 Å². The van der Waals surface area contributed by atoms with Gasteiger partial charge in [-0.25, -0.2) is 0 Å². The van der Waals surface area contributed by atoms with Crippen molar-refractivity contribution in [2.45, 2.75) is 74.1 Å². The van der Waals surface area contributed by atoms with Crippen molar-refractivity contribution in [2.75, 3.05) is 0 Å². The molecule has 0 saturated heterocycles. The fourth-order valence-corrected chi connectivity index (χ4v) is 3.36. The lowest BCUT2D eigenvalue weighted by Gasteiger charge is -2.46. The van der Waals surface area contributed by atoms with Crippen LogP contribution in [0.15, 0.2) is 11.6 Å². The molecule has 0 amide bonds. The third-order valence-corrected chi connectivity index (χ3v) is 4.42. The molecule has 0 N–H and O–H groups in total. The summed E-state index contributed by atoms with van der Waals surface area (Å²) in [6, 6.07) is 0. The first kappa shape index (κ1) is 14.8. The molecule has 2 atom stereocenters. The van der Waals surface area contributed by atoms with Gasteiger partial charge in [0, 0.05) is 0 Å². The van der Waals surface area contributed by atoms with Gasteiger partial charge in [0.2, 0.25) is 0 Å². The highest BCUT2D eigenvalue weighted by Crippen LogP contribution is 2.49. The molecule has 0 nitrogen and oxygen atoms in total. The molecule has 1 aliphatic carbocycles. The standard InChI is InChI=1S/C17H32/c1-8-9-13-10-11-14(16(2,3)4)15(12-13)17(5,6)7/h10,14-15H,8-9,11-12H2,1-7H3. The van der Waals surface area contributed by atoms with Crippen LogP contribution in [0.2, 0.25) is 0 Å². The molecule has 0 heterocycles. The molecule has 0 heteroatoms. The highest BCUT2D eigenvalue weighted by Gasteiger charge is 2.39. The first-order valence-electron chi connectivity index (χ1n) is 7.34. The van der Waals surface area contributed by atoms with E-state index in [1.54, 1.807) is 5.57 Å². The van der Waals surface area contributed by atoms with Crippen LogP contribution >= 0.6 is 0 Å². The van der Waals surface area contributed by atoms with Gasteiger partial charge in [0.1, 0.15) is 0 Å². The first-order valence-corrected chi connectivity index (χ1v) is 7.34. The Balaban J connectivity index is 2.92. The minimum atomic E-state index is 0.436. The smallest absolute Gasteiger partial charge is 0.0284 e. The molecular formula is C17H32. The quantitative estimate of drug-likeness (QED) is 0.529. The molecule has 0 bridgehead atoms. The predicted octanol–water partition coefficient (Wildman–Crippen LogP) is 5.83. The maximum absolute atomic E-state index is 2.54. The van der Waals surface area contributed by atoms with Gasteiger partial charge in [0.15, 0.2) is 0 Å². The molecule has 0 aliphatic heterocycles. The minimum absolute atomic E-state index is 0.436. The summed E-state index contributed by atoms with van der Waals surface area (Å²) in [5.74, 6) is 1.68. The van der Waals surface area contributed by atoms with Crippen molar-refractivity contribution in [1.82, 2.24) is 0 Å². The molecule has 0 aromatic heterocycles. The van der Waals surface area contributed by atoms with Gasteiger partial charge in [-0.15, -0.1) is 0 Å².